The number of amides is 5. The summed E-state index contributed by atoms with van der Waals surface area (Å²) in [6.07, 6.45) is 0. The van der Waals surface area contributed by atoms with Crippen molar-refractivity contribution >= 4 is 46.6 Å². The third-order valence-corrected chi connectivity index (χ3v) is 8.12. The van der Waals surface area contributed by atoms with Crippen LogP contribution in [0, 0.1) is 11.8 Å². The molecule has 0 unspecified atom stereocenters. The number of ether oxygens (including phenoxy) is 1. The lowest BCUT2D eigenvalue weighted by atomic mass is 9.76. The maximum atomic E-state index is 14.3. The highest BCUT2D eigenvalue weighted by Crippen LogP contribution is 2.55. The van der Waals surface area contributed by atoms with E-state index in [-0.39, 0.29) is 24.3 Å². The first-order chi connectivity index (χ1) is 18.7. The van der Waals surface area contributed by atoms with Crippen molar-refractivity contribution < 1.29 is 28.7 Å². The summed E-state index contributed by atoms with van der Waals surface area (Å²) < 4.78 is 5.35. The van der Waals surface area contributed by atoms with E-state index in [0.29, 0.717) is 48.9 Å². The van der Waals surface area contributed by atoms with E-state index < -0.39 is 35.2 Å². The van der Waals surface area contributed by atoms with Gasteiger partial charge in [-0.2, -0.15) is 0 Å². The van der Waals surface area contributed by atoms with Crippen molar-refractivity contribution in [2.45, 2.75) is 25.4 Å². The number of anilines is 3. The van der Waals surface area contributed by atoms with Crippen LogP contribution < -0.4 is 20.4 Å². The third-order valence-electron chi connectivity index (χ3n) is 8.12. The number of para-hydroxylation sites is 1. The monoisotopic (exact) mass is 531 g/mol. The molecule has 5 amide bonds. The van der Waals surface area contributed by atoms with Gasteiger partial charge in [-0.05, 0) is 37.3 Å². The van der Waals surface area contributed by atoms with Crippen LogP contribution in [0.3, 0.4) is 0 Å². The zero-order valence-electron chi connectivity index (χ0n) is 21.7. The quantitative estimate of drug-likeness (QED) is 0.560. The Morgan fingerprint density at radius 3 is 2.41 bits per heavy atom. The highest BCUT2D eigenvalue weighted by molar-refractivity contribution is 6.26. The second-order valence-electron chi connectivity index (χ2n) is 10.4. The number of hydrogen-bond donors (Lipinski definition) is 2. The lowest BCUT2D eigenvalue weighted by Crippen LogP contribution is -2.56. The summed E-state index contributed by atoms with van der Waals surface area (Å²) in [5.74, 6) is -3.44. The predicted molar refractivity (Wildman–Crippen MR) is 141 cm³/mol. The maximum Gasteiger partial charge on any atom is 0.253 e. The van der Waals surface area contributed by atoms with E-state index in [9.17, 15) is 24.0 Å². The van der Waals surface area contributed by atoms with Crippen molar-refractivity contribution in [1.29, 1.82) is 0 Å². The van der Waals surface area contributed by atoms with Crippen LogP contribution in [0.4, 0.5) is 17.1 Å². The van der Waals surface area contributed by atoms with Crippen molar-refractivity contribution in [2.75, 3.05) is 48.0 Å². The molecule has 0 aromatic heterocycles. The van der Waals surface area contributed by atoms with Gasteiger partial charge < -0.3 is 19.9 Å². The van der Waals surface area contributed by atoms with Crippen molar-refractivity contribution in [3.8, 4) is 0 Å². The highest BCUT2D eigenvalue weighted by atomic mass is 16.5. The molecule has 2 aromatic rings. The first-order valence-electron chi connectivity index (χ1n) is 13.0. The van der Waals surface area contributed by atoms with Gasteiger partial charge >= 0.3 is 0 Å². The Kier molecular flexibility index (Phi) is 6.00. The fraction of sp³-hybridized carbons (Fsp3) is 0.393. The van der Waals surface area contributed by atoms with Gasteiger partial charge in [-0.25, -0.2) is 4.90 Å². The minimum Gasteiger partial charge on any atom is -0.378 e. The molecule has 202 valence electrons. The van der Waals surface area contributed by atoms with Gasteiger partial charge in [0.25, 0.3) is 5.91 Å². The molecule has 4 aliphatic heterocycles. The van der Waals surface area contributed by atoms with Gasteiger partial charge in [0, 0.05) is 43.0 Å². The molecule has 2 aromatic carbocycles. The summed E-state index contributed by atoms with van der Waals surface area (Å²) >= 11 is 0. The molecule has 3 fully saturated rings. The van der Waals surface area contributed by atoms with Gasteiger partial charge in [0.2, 0.25) is 23.6 Å². The first-order valence-corrected chi connectivity index (χ1v) is 13.0. The van der Waals surface area contributed by atoms with E-state index in [4.69, 9.17) is 4.74 Å². The molecule has 11 nitrogen and oxygen atoms in total. The molecular weight excluding hydrogens is 502 g/mol. The molecule has 2 N–H and O–H groups in total. The third kappa shape index (κ3) is 3.75. The second-order valence-corrected chi connectivity index (χ2v) is 10.4. The van der Waals surface area contributed by atoms with Crippen molar-refractivity contribution in [2.24, 2.45) is 11.8 Å². The highest BCUT2D eigenvalue weighted by Gasteiger charge is 2.71. The number of carbonyl (C=O) groups is 5. The lowest BCUT2D eigenvalue weighted by Gasteiger charge is -2.31. The van der Waals surface area contributed by atoms with Crippen LogP contribution in [-0.4, -0.2) is 73.3 Å². The Labute approximate surface area is 225 Å². The van der Waals surface area contributed by atoms with Crippen LogP contribution in [0.15, 0.2) is 48.5 Å². The molecular formula is C28H29N5O6. The average molecular weight is 532 g/mol. The molecule has 1 spiro atoms. The summed E-state index contributed by atoms with van der Waals surface area (Å²) in [4.78, 5) is 70.8. The van der Waals surface area contributed by atoms with E-state index in [1.165, 1.54) is 11.8 Å². The van der Waals surface area contributed by atoms with E-state index in [1.54, 1.807) is 60.4 Å². The minimum atomic E-state index is -1.47. The standard InChI is InChI=1S/C28H29N5O6/c1-16-23-24(26(37)33(25(23)36)19-9-7-18(8-10-19)29-17(2)34)28(30-16)20-5-3-4-6-21(20)32(27(28)38)15-22(35)31-11-13-39-14-12-31/h3-10,16,23-24,30H,11-15H2,1-2H3,(H,29,34)/t16-,23-,24-,28-/m0/s1. The predicted octanol–water partition coefficient (Wildman–Crippen LogP) is 0.843. The number of benzene rings is 2. The number of nitrogens with one attached hydrogen (secondary N) is 2. The number of fused-ring (bicyclic) bond motifs is 4. The summed E-state index contributed by atoms with van der Waals surface area (Å²) in [7, 11) is 0. The summed E-state index contributed by atoms with van der Waals surface area (Å²) in [5, 5.41) is 6.00. The van der Waals surface area contributed by atoms with Crippen LogP contribution in [0.1, 0.15) is 19.4 Å². The molecule has 3 saturated heterocycles. The molecule has 0 aliphatic carbocycles. The van der Waals surface area contributed by atoms with Gasteiger partial charge in [-0.3, -0.25) is 29.3 Å². The van der Waals surface area contributed by atoms with E-state index in [2.05, 4.69) is 10.6 Å². The van der Waals surface area contributed by atoms with Gasteiger partial charge in [0.1, 0.15) is 12.1 Å². The number of imide groups is 1. The van der Waals surface area contributed by atoms with Gasteiger partial charge in [0.15, 0.2) is 0 Å². The van der Waals surface area contributed by atoms with Crippen molar-refractivity contribution in [3.05, 3.63) is 54.1 Å². The minimum absolute atomic E-state index is 0.165. The summed E-state index contributed by atoms with van der Waals surface area (Å²) in [5.41, 5.74) is 0.589. The smallest absolute Gasteiger partial charge is 0.253 e. The average Bonchev–Trinajstić information content (AvgIpc) is 3.48. The number of hydrogen-bond acceptors (Lipinski definition) is 7. The molecule has 0 radical (unpaired) electrons. The fourth-order valence-electron chi connectivity index (χ4n) is 6.47. The normalized spacial score (nSPS) is 27.8. The summed E-state index contributed by atoms with van der Waals surface area (Å²) in [6, 6.07) is 13.1. The zero-order valence-corrected chi connectivity index (χ0v) is 21.7. The van der Waals surface area contributed by atoms with Gasteiger partial charge in [0.05, 0.1) is 30.7 Å². The Bertz CT molecular complexity index is 1390. The summed E-state index contributed by atoms with van der Waals surface area (Å²) in [6.45, 7) is 4.83. The van der Waals surface area contributed by atoms with E-state index in [0.717, 1.165) is 4.90 Å². The Morgan fingerprint density at radius 2 is 1.72 bits per heavy atom. The van der Waals surface area contributed by atoms with E-state index >= 15 is 0 Å². The maximum absolute atomic E-state index is 14.3. The number of morpholine rings is 1. The van der Waals surface area contributed by atoms with Crippen molar-refractivity contribution in [1.82, 2.24) is 10.2 Å². The zero-order chi connectivity index (χ0) is 27.5. The van der Waals surface area contributed by atoms with Crippen LogP contribution in [0.25, 0.3) is 0 Å². The Hall–Kier alpha value is -4.09. The number of carbonyl (C=O) groups excluding carboxylic acids is 5. The number of rotatable bonds is 4. The molecule has 4 atom stereocenters. The molecule has 11 heteroatoms. The largest absolute Gasteiger partial charge is 0.378 e. The molecule has 0 bridgehead atoms. The molecule has 6 rings (SSSR count). The SMILES string of the molecule is CC(=O)Nc1ccc(N2C(=O)[C@H]3[C@H](C)N[C@]4(C(=O)N(CC(=O)N5CCOCC5)c5ccccc54)[C@@H]3C2=O)cc1. The number of nitrogens with zero attached hydrogens (tertiary/aromatic N) is 3. The molecule has 4 heterocycles. The first kappa shape index (κ1) is 25.2. The van der Waals surface area contributed by atoms with Gasteiger partial charge in [-0.1, -0.05) is 18.2 Å². The van der Waals surface area contributed by atoms with Crippen molar-refractivity contribution in [3.63, 3.8) is 0 Å². The van der Waals surface area contributed by atoms with Crippen LogP contribution in [-0.2, 0) is 34.2 Å². The Balaban J connectivity index is 1.36. The fourth-order valence-corrected chi connectivity index (χ4v) is 6.47. The molecule has 4 aliphatic rings. The molecule has 0 saturated carbocycles. The van der Waals surface area contributed by atoms with Crippen LogP contribution >= 0.6 is 0 Å². The van der Waals surface area contributed by atoms with Crippen LogP contribution in [0.5, 0.6) is 0 Å². The topological polar surface area (TPSA) is 128 Å². The lowest BCUT2D eigenvalue weighted by molar-refractivity contribution is -0.136. The Morgan fingerprint density at radius 1 is 1.03 bits per heavy atom. The van der Waals surface area contributed by atoms with E-state index in [1.807, 2.05) is 0 Å². The van der Waals surface area contributed by atoms with Gasteiger partial charge in [-0.15, -0.1) is 0 Å². The molecule has 39 heavy (non-hydrogen) atoms. The van der Waals surface area contributed by atoms with Crippen LogP contribution in [0.2, 0.25) is 0 Å². The second kappa shape index (κ2) is 9.28.